The van der Waals surface area contributed by atoms with Gasteiger partial charge in [-0.3, -0.25) is 4.79 Å². The van der Waals surface area contributed by atoms with Gasteiger partial charge in [0.25, 0.3) is 5.91 Å². The van der Waals surface area contributed by atoms with Crippen LogP contribution < -0.4 is 5.32 Å². The molecule has 1 amide bonds. The van der Waals surface area contributed by atoms with Crippen LogP contribution in [0.4, 0.5) is 0 Å². The van der Waals surface area contributed by atoms with Crippen LogP contribution in [-0.2, 0) is 0 Å². The summed E-state index contributed by atoms with van der Waals surface area (Å²) in [6, 6.07) is 16.1. The van der Waals surface area contributed by atoms with E-state index < -0.39 is 0 Å². The molecule has 0 unspecified atom stereocenters. The maximum absolute atomic E-state index is 12.1. The zero-order valence-electron chi connectivity index (χ0n) is 11.2. The first kappa shape index (κ1) is 15.4. The summed E-state index contributed by atoms with van der Waals surface area (Å²) in [5, 5.41) is 2.96. The van der Waals surface area contributed by atoms with Gasteiger partial charge in [-0.05, 0) is 53.8 Å². The van der Waals surface area contributed by atoms with E-state index >= 15 is 0 Å². The van der Waals surface area contributed by atoms with Crippen LogP contribution in [0.25, 0.3) is 0 Å². The van der Waals surface area contributed by atoms with Gasteiger partial charge >= 0.3 is 0 Å². The molecule has 0 aliphatic rings. The largest absolute Gasteiger partial charge is 0.351 e. The minimum absolute atomic E-state index is 0.00283. The molecule has 0 saturated heterocycles. The van der Waals surface area contributed by atoms with E-state index in [1.807, 2.05) is 43.3 Å². The maximum atomic E-state index is 12.1. The number of nitrogens with one attached hydrogen (secondary N) is 1. The second kappa shape index (κ2) is 7.69. The summed E-state index contributed by atoms with van der Waals surface area (Å²) in [5.41, 5.74) is 1.92. The molecule has 104 valence electrons. The van der Waals surface area contributed by atoms with Crippen LogP contribution in [0.15, 0.2) is 53.4 Å². The minimum atomic E-state index is 0.00283. The third-order valence-corrected chi connectivity index (χ3v) is 4.68. The quantitative estimate of drug-likeness (QED) is 0.467. The first-order valence-corrected chi connectivity index (χ1v) is 8.45. The number of thioether (sulfide) groups is 1. The fourth-order valence-electron chi connectivity index (χ4n) is 1.75. The Morgan fingerprint density at radius 1 is 1.20 bits per heavy atom. The van der Waals surface area contributed by atoms with Gasteiger partial charge in [0.15, 0.2) is 0 Å². The van der Waals surface area contributed by atoms with E-state index in [-0.39, 0.29) is 5.91 Å². The average molecular weight is 397 g/mol. The molecule has 0 aliphatic carbocycles. The van der Waals surface area contributed by atoms with Crippen molar-refractivity contribution in [1.29, 1.82) is 0 Å². The van der Waals surface area contributed by atoms with Gasteiger partial charge in [-0.2, -0.15) is 0 Å². The second-order valence-electron chi connectivity index (χ2n) is 4.40. The lowest BCUT2D eigenvalue weighted by atomic mass is 10.1. The van der Waals surface area contributed by atoms with Crippen LogP contribution in [0.5, 0.6) is 0 Å². The molecule has 0 saturated carbocycles. The Balaban J connectivity index is 1.80. The van der Waals surface area contributed by atoms with E-state index in [0.717, 1.165) is 14.9 Å². The third kappa shape index (κ3) is 4.52. The van der Waals surface area contributed by atoms with Crippen LogP contribution in [0.1, 0.15) is 15.9 Å². The number of amides is 1. The van der Waals surface area contributed by atoms with Gasteiger partial charge in [-0.25, -0.2) is 0 Å². The van der Waals surface area contributed by atoms with Crippen molar-refractivity contribution in [3.8, 4) is 0 Å². The molecule has 0 atom stereocenters. The highest BCUT2D eigenvalue weighted by molar-refractivity contribution is 14.1. The zero-order valence-corrected chi connectivity index (χ0v) is 14.2. The molecule has 2 rings (SSSR count). The molecule has 2 aromatic carbocycles. The third-order valence-electron chi connectivity index (χ3n) is 2.77. The van der Waals surface area contributed by atoms with Crippen LogP contribution in [0.3, 0.4) is 0 Å². The summed E-state index contributed by atoms with van der Waals surface area (Å²) >= 11 is 3.95. The lowest BCUT2D eigenvalue weighted by Crippen LogP contribution is -2.26. The van der Waals surface area contributed by atoms with Crippen molar-refractivity contribution in [1.82, 2.24) is 5.32 Å². The minimum Gasteiger partial charge on any atom is -0.351 e. The molecule has 0 heterocycles. The Morgan fingerprint density at radius 2 is 1.95 bits per heavy atom. The van der Waals surface area contributed by atoms with Gasteiger partial charge in [0.1, 0.15) is 0 Å². The van der Waals surface area contributed by atoms with Gasteiger partial charge in [0.2, 0.25) is 0 Å². The zero-order chi connectivity index (χ0) is 14.4. The predicted molar refractivity (Wildman–Crippen MR) is 93.4 cm³/mol. The van der Waals surface area contributed by atoms with Gasteiger partial charge in [-0.1, -0.05) is 29.8 Å². The lowest BCUT2D eigenvalue weighted by molar-refractivity contribution is 0.0955. The number of rotatable bonds is 5. The first-order chi connectivity index (χ1) is 9.66. The van der Waals surface area contributed by atoms with E-state index in [2.05, 4.69) is 40.0 Å². The molecule has 4 heteroatoms. The highest BCUT2D eigenvalue weighted by Gasteiger charge is 2.08. The molecule has 20 heavy (non-hydrogen) atoms. The Hall–Kier alpha value is -1.01. The van der Waals surface area contributed by atoms with E-state index in [9.17, 15) is 4.79 Å². The molecule has 0 fully saturated rings. The summed E-state index contributed by atoms with van der Waals surface area (Å²) in [6.07, 6.45) is 0. The van der Waals surface area contributed by atoms with Gasteiger partial charge in [0.05, 0.1) is 5.56 Å². The fourth-order valence-corrected chi connectivity index (χ4v) is 3.46. The SMILES string of the molecule is Cc1ccc(C(=O)NCCSc2ccccc2)c(I)c1. The monoisotopic (exact) mass is 397 g/mol. The van der Waals surface area contributed by atoms with E-state index in [1.165, 1.54) is 10.5 Å². The number of carbonyl (C=O) groups excluding carboxylic acids is 1. The molecule has 0 bridgehead atoms. The molecule has 0 spiro atoms. The summed E-state index contributed by atoms with van der Waals surface area (Å²) < 4.78 is 0.996. The van der Waals surface area contributed by atoms with E-state index in [4.69, 9.17) is 0 Å². The van der Waals surface area contributed by atoms with Crippen LogP contribution in [0.2, 0.25) is 0 Å². The molecule has 0 radical (unpaired) electrons. The smallest absolute Gasteiger partial charge is 0.252 e. The molecule has 2 nitrogen and oxygen atoms in total. The summed E-state index contributed by atoms with van der Waals surface area (Å²) in [4.78, 5) is 13.3. The van der Waals surface area contributed by atoms with Crippen molar-refractivity contribution in [2.75, 3.05) is 12.3 Å². The Bertz CT molecular complexity index is 586. The van der Waals surface area contributed by atoms with Crippen molar-refractivity contribution in [2.24, 2.45) is 0 Å². The first-order valence-electron chi connectivity index (χ1n) is 6.39. The highest BCUT2D eigenvalue weighted by Crippen LogP contribution is 2.16. The van der Waals surface area contributed by atoms with Crippen LogP contribution in [-0.4, -0.2) is 18.2 Å². The maximum Gasteiger partial charge on any atom is 0.252 e. The summed E-state index contributed by atoms with van der Waals surface area (Å²) in [5.74, 6) is 0.876. The van der Waals surface area contributed by atoms with Crippen molar-refractivity contribution >= 4 is 40.3 Å². The van der Waals surface area contributed by atoms with Crippen molar-refractivity contribution in [3.05, 3.63) is 63.2 Å². The number of benzene rings is 2. The number of hydrogen-bond acceptors (Lipinski definition) is 2. The number of halogens is 1. The standard InChI is InChI=1S/C16H16INOS/c1-12-7-8-14(15(17)11-12)16(19)18-9-10-20-13-5-3-2-4-6-13/h2-8,11H,9-10H2,1H3,(H,18,19). The highest BCUT2D eigenvalue weighted by atomic mass is 127. The number of aryl methyl sites for hydroxylation is 1. The topological polar surface area (TPSA) is 29.1 Å². The molecule has 0 aromatic heterocycles. The van der Waals surface area contributed by atoms with Crippen LogP contribution >= 0.6 is 34.4 Å². The van der Waals surface area contributed by atoms with Crippen molar-refractivity contribution in [2.45, 2.75) is 11.8 Å². The second-order valence-corrected chi connectivity index (χ2v) is 6.73. The number of hydrogen-bond donors (Lipinski definition) is 1. The molecular formula is C16H16INOS. The Labute approximate surface area is 137 Å². The lowest BCUT2D eigenvalue weighted by Gasteiger charge is -2.07. The summed E-state index contributed by atoms with van der Waals surface area (Å²) in [6.45, 7) is 2.70. The Kier molecular flexibility index (Phi) is 5.91. The normalized spacial score (nSPS) is 10.3. The molecule has 2 aromatic rings. The van der Waals surface area contributed by atoms with E-state index in [0.29, 0.717) is 6.54 Å². The predicted octanol–water partition coefficient (Wildman–Crippen LogP) is 4.12. The molecule has 0 aliphatic heterocycles. The number of carbonyl (C=O) groups is 1. The van der Waals surface area contributed by atoms with Gasteiger partial charge in [0, 0.05) is 20.8 Å². The molecular weight excluding hydrogens is 381 g/mol. The Morgan fingerprint density at radius 3 is 2.65 bits per heavy atom. The van der Waals surface area contributed by atoms with Gasteiger partial charge < -0.3 is 5.32 Å². The van der Waals surface area contributed by atoms with Crippen molar-refractivity contribution in [3.63, 3.8) is 0 Å². The summed E-state index contributed by atoms with van der Waals surface area (Å²) in [7, 11) is 0. The molecule has 1 N–H and O–H groups in total. The average Bonchev–Trinajstić information content (AvgIpc) is 2.44. The van der Waals surface area contributed by atoms with Gasteiger partial charge in [-0.15, -0.1) is 11.8 Å². The fraction of sp³-hybridized carbons (Fsp3) is 0.188. The van der Waals surface area contributed by atoms with Crippen molar-refractivity contribution < 1.29 is 4.79 Å². The van der Waals surface area contributed by atoms with Crippen LogP contribution in [0, 0.1) is 10.5 Å². The van der Waals surface area contributed by atoms with E-state index in [1.54, 1.807) is 11.8 Å².